The Kier molecular flexibility index (Phi) is 4.96. The van der Waals surface area contributed by atoms with Crippen LogP contribution in [0.4, 0.5) is 11.5 Å². The van der Waals surface area contributed by atoms with Gasteiger partial charge in [0, 0.05) is 28.5 Å². The number of sulfone groups is 1. The molecular weight excluding hydrogens is 362 g/mol. The predicted molar refractivity (Wildman–Crippen MR) is 99.1 cm³/mol. The first kappa shape index (κ1) is 17.7. The molecule has 1 atom stereocenters. The van der Waals surface area contributed by atoms with Crippen LogP contribution >= 0.6 is 11.6 Å². The summed E-state index contributed by atoms with van der Waals surface area (Å²) in [4.78, 5) is 16.6. The van der Waals surface area contributed by atoms with Gasteiger partial charge < -0.3 is 10.6 Å². The maximum Gasteiger partial charge on any atom is 0.255 e. The van der Waals surface area contributed by atoms with Gasteiger partial charge in [-0.05, 0) is 43.2 Å². The number of nitrogens with zero attached hydrogens (tertiary/aromatic N) is 1. The van der Waals surface area contributed by atoms with Crippen LogP contribution in [-0.4, -0.2) is 36.9 Å². The van der Waals surface area contributed by atoms with E-state index >= 15 is 0 Å². The first-order valence-electron chi connectivity index (χ1n) is 7.83. The first-order chi connectivity index (χ1) is 11.8. The molecule has 0 aliphatic carbocycles. The number of hydrogen-bond donors (Lipinski definition) is 2. The summed E-state index contributed by atoms with van der Waals surface area (Å²) >= 11 is 6.07. The van der Waals surface area contributed by atoms with Crippen molar-refractivity contribution in [3.63, 3.8) is 0 Å². The van der Waals surface area contributed by atoms with Crippen molar-refractivity contribution in [2.75, 3.05) is 22.1 Å². The summed E-state index contributed by atoms with van der Waals surface area (Å²) in [5, 5.41) is 6.49. The lowest BCUT2D eigenvalue weighted by atomic mass is 10.1. The molecule has 1 aliphatic heterocycles. The molecule has 132 valence electrons. The van der Waals surface area contributed by atoms with Gasteiger partial charge in [0.05, 0.1) is 11.5 Å². The van der Waals surface area contributed by atoms with E-state index in [0.717, 1.165) is 5.56 Å². The Hall–Kier alpha value is -2.12. The number of benzene rings is 1. The van der Waals surface area contributed by atoms with E-state index < -0.39 is 9.84 Å². The van der Waals surface area contributed by atoms with Gasteiger partial charge in [-0.25, -0.2) is 13.4 Å². The van der Waals surface area contributed by atoms with E-state index in [4.69, 9.17) is 11.6 Å². The fraction of sp³-hybridized carbons (Fsp3) is 0.294. The van der Waals surface area contributed by atoms with Gasteiger partial charge in [-0.15, -0.1) is 0 Å². The maximum absolute atomic E-state index is 12.5. The van der Waals surface area contributed by atoms with Crippen LogP contribution in [0.5, 0.6) is 0 Å². The third-order valence-corrected chi connectivity index (χ3v) is 6.30. The van der Waals surface area contributed by atoms with Crippen LogP contribution in [0.3, 0.4) is 0 Å². The van der Waals surface area contributed by atoms with Crippen LogP contribution in [0.25, 0.3) is 0 Å². The number of amides is 1. The summed E-state index contributed by atoms with van der Waals surface area (Å²) in [5.74, 6) is 0.471. The molecule has 1 aromatic carbocycles. The number of nitrogens with one attached hydrogen (secondary N) is 2. The molecule has 1 aromatic heterocycles. The fourth-order valence-corrected chi connectivity index (χ4v) is 4.55. The molecule has 0 saturated carbocycles. The SMILES string of the molecule is Cc1c(Cl)cccc1NC(=O)c1ccnc(NC2CCS(=O)(=O)C2)c1. The Bertz CT molecular complexity index is 915. The van der Waals surface area contributed by atoms with Crippen LogP contribution in [-0.2, 0) is 9.84 Å². The molecule has 1 unspecified atom stereocenters. The van der Waals surface area contributed by atoms with Gasteiger partial charge in [0.15, 0.2) is 9.84 Å². The summed E-state index contributed by atoms with van der Waals surface area (Å²) in [5.41, 5.74) is 1.87. The molecule has 6 nitrogen and oxygen atoms in total. The Morgan fingerprint density at radius 2 is 2.12 bits per heavy atom. The third-order valence-electron chi connectivity index (χ3n) is 4.12. The number of aromatic nitrogens is 1. The zero-order valence-corrected chi connectivity index (χ0v) is 15.2. The Balaban J connectivity index is 1.72. The number of carbonyl (C=O) groups excluding carboxylic acids is 1. The van der Waals surface area contributed by atoms with E-state index in [-0.39, 0.29) is 23.5 Å². The fourth-order valence-electron chi connectivity index (χ4n) is 2.71. The summed E-state index contributed by atoms with van der Waals surface area (Å²) in [7, 11) is -2.97. The van der Waals surface area contributed by atoms with Gasteiger partial charge in [0.25, 0.3) is 5.91 Å². The highest BCUT2D eigenvalue weighted by atomic mass is 35.5. The third kappa shape index (κ3) is 4.29. The van der Waals surface area contributed by atoms with Crippen LogP contribution in [0, 0.1) is 6.92 Å². The van der Waals surface area contributed by atoms with E-state index in [9.17, 15) is 13.2 Å². The lowest BCUT2D eigenvalue weighted by Gasteiger charge is -2.13. The van der Waals surface area contributed by atoms with E-state index in [1.165, 1.54) is 6.20 Å². The monoisotopic (exact) mass is 379 g/mol. The molecule has 2 N–H and O–H groups in total. The standard InChI is InChI=1S/C17H18ClN3O3S/c1-11-14(18)3-2-4-15(11)21-17(22)12-5-7-19-16(9-12)20-13-6-8-25(23,24)10-13/h2-5,7,9,13H,6,8,10H2,1H3,(H,19,20)(H,21,22). The normalized spacial score (nSPS) is 18.7. The quantitative estimate of drug-likeness (QED) is 0.852. The highest BCUT2D eigenvalue weighted by molar-refractivity contribution is 7.91. The van der Waals surface area contributed by atoms with Gasteiger partial charge in [-0.1, -0.05) is 17.7 Å². The smallest absolute Gasteiger partial charge is 0.255 e. The van der Waals surface area contributed by atoms with Crippen molar-refractivity contribution in [1.29, 1.82) is 0 Å². The van der Waals surface area contributed by atoms with Gasteiger partial charge in [0.2, 0.25) is 0 Å². The van der Waals surface area contributed by atoms with E-state index in [1.54, 1.807) is 30.3 Å². The minimum Gasteiger partial charge on any atom is -0.366 e. The second kappa shape index (κ2) is 7.01. The van der Waals surface area contributed by atoms with Crippen LogP contribution < -0.4 is 10.6 Å². The number of hydrogen-bond acceptors (Lipinski definition) is 5. The average molecular weight is 380 g/mol. The molecule has 2 aromatic rings. The van der Waals surface area contributed by atoms with E-state index in [1.807, 2.05) is 6.92 Å². The zero-order valence-electron chi connectivity index (χ0n) is 13.6. The topological polar surface area (TPSA) is 88.2 Å². The molecule has 1 fully saturated rings. The first-order valence-corrected chi connectivity index (χ1v) is 10.0. The molecule has 8 heteroatoms. The molecule has 3 rings (SSSR count). The minimum absolute atomic E-state index is 0.0901. The molecule has 0 spiro atoms. The number of carbonyl (C=O) groups is 1. The number of rotatable bonds is 4. The molecular formula is C17H18ClN3O3S. The zero-order chi connectivity index (χ0) is 18.0. The van der Waals surface area contributed by atoms with E-state index in [0.29, 0.717) is 28.5 Å². The number of anilines is 2. The Morgan fingerprint density at radius 1 is 1.32 bits per heavy atom. The second-order valence-electron chi connectivity index (χ2n) is 6.04. The lowest BCUT2D eigenvalue weighted by Crippen LogP contribution is -2.21. The molecule has 0 bridgehead atoms. The van der Waals surface area contributed by atoms with Crippen molar-refractivity contribution in [3.05, 3.63) is 52.7 Å². The maximum atomic E-state index is 12.5. The Morgan fingerprint density at radius 3 is 2.84 bits per heavy atom. The van der Waals surface area contributed by atoms with Crippen molar-refractivity contribution in [2.45, 2.75) is 19.4 Å². The second-order valence-corrected chi connectivity index (χ2v) is 8.68. The van der Waals surface area contributed by atoms with Crippen LogP contribution in [0.2, 0.25) is 5.02 Å². The van der Waals surface area contributed by atoms with Crippen LogP contribution in [0.1, 0.15) is 22.3 Å². The highest BCUT2D eigenvalue weighted by Crippen LogP contribution is 2.24. The largest absolute Gasteiger partial charge is 0.366 e. The Labute approximate surface area is 151 Å². The van der Waals surface area contributed by atoms with Crippen molar-refractivity contribution in [1.82, 2.24) is 4.98 Å². The predicted octanol–water partition coefficient (Wildman–Crippen LogP) is 2.89. The minimum atomic E-state index is -2.97. The van der Waals surface area contributed by atoms with Gasteiger partial charge >= 0.3 is 0 Å². The van der Waals surface area contributed by atoms with E-state index in [2.05, 4.69) is 15.6 Å². The molecule has 25 heavy (non-hydrogen) atoms. The van der Waals surface area contributed by atoms with Gasteiger partial charge in [0.1, 0.15) is 5.82 Å². The summed E-state index contributed by atoms with van der Waals surface area (Å²) in [6.07, 6.45) is 2.06. The van der Waals surface area contributed by atoms with Crippen molar-refractivity contribution >= 4 is 38.9 Å². The molecule has 1 saturated heterocycles. The molecule has 0 radical (unpaired) electrons. The van der Waals surface area contributed by atoms with Crippen molar-refractivity contribution < 1.29 is 13.2 Å². The van der Waals surface area contributed by atoms with Crippen molar-refractivity contribution in [2.24, 2.45) is 0 Å². The number of halogens is 1. The van der Waals surface area contributed by atoms with Gasteiger partial charge in [-0.3, -0.25) is 4.79 Å². The van der Waals surface area contributed by atoms with Gasteiger partial charge in [-0.2, -0.15) is 0 Å². The molecule has 2 heterocycles. The summed E-state index contributed by atoms with van der Waals surface area (Å²) in [6.45, 7) is 1.83. The highest BCUT2D eigenvalue weighted by Gasteiger charge is 2.28. The van der Waals surface area contributed by atoms with Crippen LogP contribution in [0.15, 0.2) is 36.5 Å². The number of pyridine rings is 1. The molecule has 1 amide bonds. The molecule has 1 aliphatic rings. The lowest BCUT2D eigenvalue weighted by molar-refractivity contribution is 0.102. The summed E-state index contributed by atoms with van der Waals surface area (Å²) in [6, 6.07) is 8.35. The average Bonchev–Trinajstić information content (AvgIpc) is 2.90. The van der Waals surface area contributed by atoms with Crippen molar-refractivity contribution in [3.8, 4) is 0 Å². The summed E-state index contributed by atoms with van der Waals surface area (Å²) < 4.78 is 23.1.